The summed E-state index contributed by atoms with van der Waals surface area (Å²) in [6, 6.07) is -1.29. The van der Waals surface area contributed by atoms with E-state index in [4.69, 9.17) is 26.1 Å². The molecule has 0 unspecified atom stereocenters. The third-order valence-electron chi connectivity index (χ3n) is 1.77. The van der Waals surface area contributed by atoms with Gasteiger partial charge < -0.3 is 11.5 Å². The molecule has 0 saturated heterocycles. The number of hydroxylamine groups is 2. The number of rotatable bonds is 6. The third kappa shape index (κ3) is 15.6. The van der Waals surface area contributed by atoms with Crippen LogP contribution in [0.2, 0.25) is 0 Å². The zero-order valence-electron chi connectivity index (χ0n) is 10.6. The Morgan fingerprint density at radius 3 is 1.35 bits per heavy atom. The molecule has 0 spiro atoms. The van der Waals surface area contributed by atoms with Crippen molar-refractivity contribution in [2.24, 2.45) is 11.5 Å². The van der Waals surface area contributed by atoms with Crippen molar-refractivity contribution in [1.29, 1.82) is 0 Å². The quantitative estimate of drug-likeness (QED) is 0.154. The number of carbonyl (C=O) groups excluding carboxylic acids is 2. The van der Waals surface area contributed by atoms with Crippen molar-refractivity contribution in [3.8, 4) is 0 Å². The first kappa shape index (κ1) is 24.5. The summed E-state index contributed by atoms with van der Waals surface area (Å²) in [7, 11) is 0. The van der Waals surface area contributed by atoms with E-state index in [2.05, 4.69) is 37.8 Å². The number of thiol groups is 2. The van der Waals surface area contributed by atoms with Crippen LogP contribution in [0.15, 0.2) is 0 Å². The van der Waals surface area contributed by atoms with Gasteiger partial charge in [0.25, 0.3) is 11.8 Å². The highest BCUT2D eigenvalue weighted by atomic mass is 32.1. The lowest BCUT2D eigenvalue weighted by atomic mass is 10.2. The lowest BCUT2D eigenvalue weighted by molar-refractivity contribution is -0.131. The lowest BCUT2D eigenvalue weighted by Gasteiger charge is -2.05. The van der Waals surface area contributed by atoms with Gasteiger partial charge in [-0.25, -0.2) is 11.0 Å². The highest BCUT2D eigenvalue weighted by Gasteiger charge is 2.10. The van der Waals surface area contributed by atoms with Crippen molar-refractivity contribution in [3.63, 3.8) is 0 Å². The molecule has 0 aliphatic heterocycles. The van der Waals surface area contributed by atoms with Crippen LogP contribution in [0.1, 0.15) is 12.8 Å². The first-order valence-corrected chi connectivity index (χ1v) is 6.81. The summed E-state index contributed by atoms with van der Waals surface area (Å²) in [6.45, 7) is 0. The Morgan fingerprint density at radius 1 is 0.950 bits per heavy atom. The summed E-state index contributed by atoms with van der Waals surface area (Å²) in [4.78, 5) is 20.8. The molecule has 12 heteroatoms. The minimum atomic E-state index is -0.646. The molecular formula is C8H20N4O5S3. The number of amides is 2. The monoisotopic (exact) mass is 348 g/mol. The third-order valence-corrected chi connectivity index (χ3v) is 2.29. The minimum absolute atomic E-state index is 0.468. The molecule has 0 aromatic rings. The predicted molar refractivity (Wildman–Crippen MR) is 80.9 cm³/mol. The summed E-state index contributed by atoms with van der Waals surface area (Å²) < 4.78 is 7.83. The fourth-order valence-corrected chi connectivity index (χ4v) is 1.26. The highest BCUT2D eigenvalue weighted by Crippen LogP contribution is 1.89. The topological polar surface area (TPSA) is 168 Å². The Labute approximate surface area is 133 Å². The SMILES string of the molecule is N[C@@H](CCS)C(=O)NO.N[C@@H](CCS)C(=O)NO.O=S. The molecule has 8 N–H and O–H groups in total. The Bertz CT molecular complexity index is 238. The van der Waals surface area contributed by atoms with Gasteiger partial charge in [-0.3, -0.25) is 20.0 Å². The number of hydrogen-bond acceptors (Lipinski definition) is 10. The van der Waals surface area contributed by atoms with E-state index >= 15 is 0 Å². The highest BCUT2D eigenvalue weighted by molar-refractivity contribution is 7.80. The molecule has 0 fully saturated rings. The maximum Gasteiger partial charge on any atom is 0.260 e. The van der Waals surface area contributed by atoms with E-state index in [0.29, 0.717) is 24.3 Å². The molecule has 9 nitrogen and oxygen atoms in total. The molecule has 120 valence electrons. The maximum absolute atomic E-state index is 10.4. The summed E-state index contributed by atoms with van der Waals surface area (Å²) in [5.41, 5.74) is 13.3. The van der Waals surface area contributed by atoms with Gasteiger partial charge in [0.1, 0.15) is 0 Å². The fourth-order valence-electron chi connectivity index (χ4n) is 0.706. The summed E-state index contributed by atoms with van der Waals surface area (Å²) in [5.74, 6) is -0.0588. The van der Waals surface area contributed by atoms with Crippen LogP contribution >= 0.6 is 25.3 Å². The van der Waals surface area contributed by atoms with E-state index in [-0.39, 0.29) is 0 Å². The first-order valence-electron chi connectivity index (χ1n) is 5.22. The van der Waals surface area contributed by atoms with Crippen LogP contribution in [-0.4, -0.2) is 50.0 Å². The van der Waals surface area contributed by atoms with Gasteiger partial charge in [0.15, 0.2) is 12.5 Å². The summed E-state index contributed by atoms with van der Waals surface area (Å²) >= 11 is 10.5. The van der Waals surface area contributed by atoms with Gasteiger partial charge in [0.2, 0.25) is 0 Å². The molecule has 20 heavy (non-hydrogen) atoms. The second kappa shape index (κ2) is 18.5. The second-order valence-corrected chi connectivity index (χ2v) is 4.08. The number of nitrogens with two attached hydrogens (primary N) is 2. The van der Waals surface area contributed by atoms with Gasteiger partial charge in [-0.15, -0.1) is 0 Å². The molecule has 0 aliphatic rings. The van der Waals surface area contributed by atoms with Crippen LogP contribution in [0.3, 0.4) is 0 Å². The minimum Gasteiger partial charge on any atom is -0.320 e. The number of hydrogen-bond donors (Lipinski definition) is 8. The molecule has 0 aliphatic carbocycles. The number of nitrogens with one attached hydrogen (secondary N) is 2. The van der Waals surface area contributed by atoms with Crippen LogP contribution in [0.4, 0.5) is 0 Å². The largest absolute Gasteiger partial charge is 0.320 e. The first-order chi connectivity index (χ1) is 9.44. The van der Waals surface area contributed by atoms with Crippen LogP contribution in [-0.2, 0) is 22.1 Å². The predicted octanol–water partition coefficient (Wildman–Crippen LogP) is -2.06. The van der Waals surface area contributed by atoms with Gasteiger partial charge in [-0.05, 0) is 24.3 Å². The molecule has 0 aromatic heterocycles. The van der Waals surface area contributed by atoms with Crippen LogP contribution in [0.5, 0.6) is 0 Å². The lowest BCUT2D eigenvalue weighted by Crippen LogP contribution is -2.39. The zero-order valence-corrected chi connectivity index (χ0v) is 13.2. The molecule has 0 bridgehead atoms. The second-order valence-electron chi connectivity index (χ2n) is 3.19. The Morgan fingerprint density at radius 2 is 1.20 bits per heavy atom. The molecule has 0 heterocycles. The molecule has 0 rings (SSSR count). The van der Waals surface area contributed by atoms with E-state index in [1.165, 1.54) is 11.0 Å². The van der Waals surface area contributed by atoms with Gasteiger partial charge in [-0.2, -0.15) is 29.5 Å². The van der Waals surface area contributed by atoms with E-state index in [9.17, 15) is 9.59 Å². The summed E-state index contributed by atoms with van der Waals surface area (Å²) in [6.07, 6.45) is 0.936. The van der Waals surface area contributed by atoms with E-state index in [0.717, 1.165) is 0 Å². The normalized spacial score (nSPS) is 11.7. The molecule has 0 aromatic carbocycles. The van der Waals surface area contributed by atoms with Gasteiger partial charge in [-0.1, -0.05) is 0 Å². The molecule has 2 amide bonds. The standard InChI is InChI=1S/2C4H10N2O2S.OS/c2*5-3(1-2-9)4(7)6-8;1-2/h2*3,8-9H,1-2,5H2,(H,6,7);/t2*3-;/m00./s1. The van der Waals surface area contributed by atoms with Crippen LogP contribution in [0.25, 0.3) is 0 Å². The molecule has 2 atom stereocenters. The Balaban J connectivity index is -0.000000257. The van der Waals surface area contributed by atoms with Gasteiger partial charge >= 0.3 is 0 Å². The van der Waals surface area contributed by atoms with Crippen molar-refractivity contribution < 1.29 is 24.2 Å². The van der Waals surface area contributed by atoms with Crippen molar-refractivity contribution >= 4 is 49.6 Å². The van der Waals surface area contributed by atoms with Crippen LogP contribution in [0, 0.1) is 0 Å². The molecule has 0 saturated carbocycles. The average molecular weight is 348 g/mol. The smallest absolute Gasteiger partial charge is 0.260 e. The van der Waals surface area contributed by atoms with Crippen LogP contribution < -0.4 is 22.4 Å². The maximum atomic E-state index is 10.4. The van der Waals surface area contributed by atoms with Gasteiger partial charge in [0, 0.05) is 0 Å². The van der Waals surface area contributed by atoms with Gasteiger partial charge in [0.05, 0.1) is 12.1 Å². The van der Waals surface area contributed by atoms with Crippen molar-refractivity contribution in [2.75, 3.05) is 11.5 Å². The molecule has 0 radical (unpaired) electrons. The average Bonchev–Trinajstić information content (AvgIpc) is 2.48. The van der Waals surface area contributed by atoms with Crippen molar-refractivity contribution in [2.45, 2.75) is 24.9 Å². The number of carbonyl (C=O) groups is 2. The zero-order chi connectivity index (χ0) is 16.6. The van der Waals surface area contributed by atoms with Crippen molar-refractivity contribution in [3.05, 3.63) is 0 Å². The van der Waals surface area contributed by atoms with E-state index < -0.39 is 23.9 Å². The fraction of sp³-hybridized carbons (Fsp3) is 0.750. The Hall–Kier alpha value is -0.500. The van der Waals surface area contributed by atoms with E-state index in [1.807, 2.05) is 0 Å². The van der Waals surface area contributed by atoms with Crippen molar-refractivity contribution in [1.82, 2.24) is 11.0 Å². The summed E-state index contributed by atoms with van der Waals surface area (Å²) in [5, 5.41) is 16.1. The molecular weight excluding hydrogens is 328 g/mol. The Kier molecular flexibility index (Phi) is 22.7. The van der Waals surface area contributed by atoms with E-state index in [1.54, 1.807) is 0 Å².